The van der Waals surface area contributed by atoms with Crippen molar-refractivity contribution in [2.24, 2.45) is 0 Å². The molecular weight excluding hydrogens is 390 g/mol. The van der Waals surface area contributed by atoms with Gasteiger partial charge in [-0.3, -0.25) is 9.59 Å². The molecule has 0 aliphatic carbocycles. The van der Waals surface area contributed by atoms with Crippen LogP contribution in [0.5, 0.6) is 5.75 Å². The van der Waals surface area contributed by atoms with Crippen molar-refractivity contribution in [1.82, 2.24) is 0 Å². The van der Waals surface area contributed by atoms with Crippen molar-refractivity contribution in [2.75, 3.05) is 36.3 Å². The summed E-state index contributed by atoms with van der Waals surface area (Å²) >= 11 is 7.11. The second kappa shape index (κ2) is 8.77. The molecule has 1 N–H and O–H groups in total. The van der Waals surface area contributed by atoms with E-state index in [1.165, 1.54) is 24.9 Å². The van der Waals surface area contributed by atoms with Crippen molar-refractivity contribution in [1.29, 1.82) is 0 Å². The van der Waals surface area contributed by atoms with E-state index in [9.17, 15) is 18.0 Å². The van der Waals surface area contributed by atoms with Crippen LogP contribution in [0, 0.1) is 0 Å². The highest BCUT2D eigenvalue weighted by atomic mass is 35.5. The summed E-state index contributed by atoms with van der Waals surface area (Å²) in [6.45, 7) is -0.446. The van der Waals surface area contributed by atoms with E-state index in [-0.39, 0.29) is 22.5 Å². The smallest absolute Gasteiger partial charge is 0.316 e. The second-order valence-corrected chi connectivity index (χ2v) is 9.34. The van der Waals surface area contributed by atoms with E-state index in [4.69, 9.17) is 21.1 Å². The van der Waals surface area contributed by atoms with Crippen molar-refractivity contribution < 1.29 is 27.5 Å². The van der Waals surface area contributed by atoms with Gasteiger partial charge in [0.1, 0.15) is 5.75 Å². The van der Waals surface area contributed by atoms with Gasteiger partial charge in [-0.05, 0) is 24.6 Å². The average Bonchev–Trinajstić information content (AvgIpc) is 2.90. The van der Waals surface area contributed by atoms with Crippen molar-refractivity contribution in [2.45, 2.75) is 11.7 Å². The van der Waals surface area contributed by atoms with Gasteiger partial charge in [-0.1, -0.05) is 11.6 Å². The quantitative estimate of drug-likeness (QED) is 0.687. The van der Waals surface area contributed by atoms with Crippen LogP contribution in [0.1, 0.15) is 6.42 Å². The van der Waals surface area contributed by atoms with Crippen LogP contribution in [0.2, 0.25) is 5.02 Å². The number of thioether (sulfide) groups is 1. The first-order valence-corrected chi connectivity index (χ1v) is 10.6. The fourth-order valence-electron chi connectivity index (χ4n) is 2.23. The van der Waals surface area contributed by atoms with Gasteiger partial charge in [0.2, 0.25) is 0 Å². The molecule has 7 nitrogen and oxygen atoms in total. The number of anilines is 1. The monoisotopic (exact) mass is 407 g/mol. The topological polar surface area (TPSA) is 98.8 Å². The molecule has 1 amide bonds. The fourth-order valence-corrected chi connectivity index (χ4v) is 5.84. The predicted molar refractivity (Wildman–Crippen MR) is 97.1 cm³/mol. The molecule has 1 saturated heterocycles. The van der Waals surface area contributed by atoms with Gasteiger partial charge in [0, 0.05) is 10.3 Å². The standard InChI is InChI=1S/C15H18ClNO6S2/c1-22-13-3-2-10(16)6-12(13)17-14(18)7-23-15(19)8-24-11-4-5-25(20,21)9-11/h2-3,6,11H,4-5,7-9H2,1H3,(H,17,18)/t11-/m1/s1. The zero-order valence-corrected chi connectivity index (χ0v) is 15.9. The van der Waals surface area contributed by atoms with Crippen LogP contribution in [0.25, 0.3) is 0 Å². The van der Waals surface area contributed by atoms with Crippen LogP contribution in [0.15, 0.2) is 18.2 Å². The molecule has 1 aliphatic heterocycles. The minimum Gasteiger partial charge on any atom is -0.495 e. The Morgan fingerprint density at radius 2 is 2.16 bits per heavy atom. The number of rotatable bonds is 7. The van der Waals surface area contributed by atoms with Gasteiger partial charge < -0.3 is 14.8 Å². The number of nitrogens with one attached hydrogen (secondary N) is 1. The highest BCUT2D eigenvalue weighted by molar-refractivity contribution is 8.02. The number of carbonyl (C=O) groups excluding carboxylic acids is 2. The highest BCUT2D eigenvalue weighted by Gasteiger charge is 2.28. The van der Waals surface area contributed by atoms with Crippen molar-refractivity contribution >= 4 is 50.8 Å². The third-order valence-corrected chi connectivity index (χ3v) is 6.92. The molecule has 1 aromatic carbocycles. The Labute approximate surface area is 155 Å². The lowest BCUT2D eigenvalue weighted by atomic mass is 10.3. The number of sulfone groups is 1. The molecule has 0 saturated carbocycles. The zero-order valence-electron chi connectivity index (χ0n) is 13.5. The van der Waals surface area contributed by atoms with E-state index in [0.717, 1.165) is 0 Å². The summed E-state index contributed by atoms with van der Waals surface area (Å²) in [5.41, 5.74) is 0.376. The van der Waals surface area contributed by atoms with Gasteiger partial charge in [-0.2, -0.15) is 0 Å². The van der Waals surface area contributed by atoms with Gasteiger partial charge in [0.25, 0.3) is 5.91 Å². The predicted octanol–water partition coefficient (Wildman–Crippen LogP) is 1.75. The number of amides is 1. The molecular formula is C15H18ClNO6S2. The number of benzene rings is 1. The first kappa shape index (κ1) is 19.9. The Morgan fingerprint density at radius 3 is 2.80 bits per heavy atom. The summed E-state index contributed by atoms with van der Waals surface area (Å²) < 4.78 is 32.7. The molecule has 0 unspecified atom stereocenters. The fraction of sp³-hybridized carbons (Fsp3) is 0.467. The van der Waals surface area contributed by atoms with Crippen LogP contribution in [-0.2, 0) is 24.2 Å². The molecule has 0 bridgehead atoms. The average molecular weight is 408 g/mol. The summed E-state index contributed by atoms with van der Waals surface area (Å²) in [5, 5.41) is 2.89. The van der Waals surface area contributed by atoms with E-state index in [1.54, 1.807) is 12.1 Å². The maximum atomic E-state index is 11.9. The van der Waals surface area contributed by atoms with Crippen molar-refractivity contribution in [3.8, 4) is 5.75 Å². The molecule has 138 valence electrons. The first-order chi connectivity index (χ1) is 11.8. The molecule has 1 fully saturated rings. The largest absolute Gasteiger partial charge is 0.495 e. The molecule has 1 aliphatic rings. The number of esters is 1. The van der Waals surface area contributed by atoms with E-state index in [0.29, 0.717) is 22.9 Å². The number of methoxy groups -OCH3 is 1. The van der Waals surface area contributed by atoms with E-state index < -0.39 is 28.3 Å². The molecule has 10 heteroatoms. The van der Waals surface area contributed by atoms with Crippen LogP contribution < -0.4 is 10.1 Å². The number of halogens is 1. The molecule has 1 aromatic rings. The SMILES string of the molecule is COc1ccc(Cl)cc1NC(=O)COC(=O)CS[C@@H]1CCS(=O)(=O)C1. The summed E-state index contributed by atoms with van der Waals surface area (Å²) in [6, 6.07) is 4.75. The number of hydrogen-bond acceptors (Lipinski definition) is 7. The molecule has 1 atom stereocenters. The Kier molecular flexibility index (Phi) is 6.97. The molecule has 0 radical (unpaired) electrons. The van der Waals surface area contributed by atoms with Gasteiger partial charge in [0.05, 0.1) is 30.1 Å². The zero-order chi connectivity index (χ0) is 18.4. The summed E-state index contributed by atoms with van der Waals surface area (Å²) in [4.78, 5) is 23.5. The maximum Gasteiger partial charge on any atom is 0.316 e. The molecule has 2 rings (SSSR count). The van der Waals surface area contributed by atoms with Crippen molar-refractivity contribution in [3.63, 3.8) is 0 Å². The Balaban J connectivity index is 1.74. The summed E-state index contributed by atoms with van der Waals surface area (Å²) in [6.07, 6.45) is 0.537. The third-order valence-electron chi connectivity index (χ3n) is 3.43. The number of ether oxygens (including phenoxy) is 2. The van der Waals surface area contributed by atoms with Gasteiger partial charge in [-0.25, -0.2) is 8.42 Å². The lowest BCUT2D eigenvalue weighted by molar-refractivity contribution is -0.144. The normalized spacial score (nSPS) is 18.6. The van der Waals surface area contributed by atoms with E-state index >= 15 is 0 Å². The highest BCUT2D eigenvalue weighted by Crippen LogP contribution is 2.27. The molecule has 25 heavy (non-hydrogen) atoms. The lowest BCUT2D eigenvalue weighted by Crippen LogP contribution is -2.22. The summed E-state index contributed by atoms with van der Waals surface area (Å²) in [5.74, 6) is -0.413. The van der Waals surface area contributed by atoms with Crippen LogP contribution in [-0.4, -0.2) is 56.5 Å². The van der Waals surface area contributed by atoms with Crippen LogP contribution in [0.4, 0.5) is 5.69 Å². The van der Waals surface area contributed by atoms with E-state index in [2.05, 4.69) is 5.32 Å². The van der Waals surface area contributed by atoms with Gasteiger partial charge in [0.15, 0.2) is 16.4 Å². The maximum absolute atomic E-state index is 11.9. The molecule has 0 spiro atoms. The van der Waals surface area contributed by atoms with E-state index in [1.807, 2.05) is 0 Å². The Hall–Kier alpha value is -1.45. The van der Waals surface area contributed by atoms with Crippen LogP contribution in [0.3, 0.4) is 0 Å². The Bertz CT molecular complexity index is 752. The minimum atomic E-state index is -2.97. The minimum absolute atomic E-state index is 0.00789. The molecule has 1 heterocycles. The van der Waals surface area contributed by atoms with Crippen LogP contribution >= 0.6 is 23.4 Å². The van der Waals surface area contributed by atoms with Gasteiger partial charge in [-0.15, -0.1) is 11.8 Å². The molecule has 0 aromatic heterocycles. The number of carbonyl (C=O) groups is 2. The number of hydrogen-bond donors (Lipinski definition) is 1. The third kappa shape index (κ3) is 6.41. The van der Waals surface area contributed by atoms with Crippen molar-refractivity contribution in [3.05, 3.63) is 23.2 Å². The Morgan fingerprint density at radius 1 is 1.40 bits per heavy atom. The first-order valence-electron chi connectivity index (χ1n) is 7.40. The second-order valence-electron chi connectivity index (χ2n) is 5.39. The lowest BCUT2D eigenvalue weighted by Gasteiger charge is -2.11. The van der Waals surface area contributed by atoms with Gasteiger partial charge >= 0.3 is 5.97 Å². The summed E-state index contributed by atoms with van der Waals surface area (Å²) in [7, 11) is -1.52.